The Bertz CT molecular complexity index is 1010. The Hall–Kier alpha value is -2.46. The third-order valence-corrected chi connectivity index (χ3v) is 6.11. The zero-order chi connectivity index (χ0) is 21.9. The van der Waals surface area contributed by atoms with Crippen LogP contribution in [0.2, 0.25) is 0 Å². The van der Waals surface area contributed by atoms with Gasteiger partial charge in [-0.1, -0.05) is 25.9 Å². The van der Waals surface area contributed by atoms with Crippen LogP contribution in [0.5, 0.6) is 5.75 Å². The standard InChI is InChI=1S/C20H28N4O5S/c1-20(2,3)19-22-18(29-23-19)7-5-6-17(25)21-15-12-14(10-11-16(15)28-4)30(26,27)24-13-8-9-13/h10-13,24H,5-9H2,1-4H3,(H,21,25). The fraction of sp³-hybridized carbons (Fsp3) is 0.550. The van der Waals surface area contributed by atoms with Crippen molar-refractivity contribution in [2.45, 2.75) is 69.2 Å². The number of hydrogen-bond acceptors (Lipinski definition) is 7. The SMILES string of the molecule is COc1ccc(S(=O)(=O)NC2CC2)cc1NC(=O)CCCc1nc(C(C)(C)C)no1. The highest BCUT2D eigenvalue weighted by Gasteiger charge is 2.28. The topological polar surface area (TPSA) is 123 Å². The highest BCUT2D eigenvalue weighted by Crippen LogP contribution is 2.29. The summed E-state index contributed by atoms with van der Waals surface area (Å²) in [5, 5.41) is 6.70. The monoisotopic (exact) mass is 436 g/mol. The molecule has 10 heteroatoms. The maximum Gasteiger partial charge on any atom is 0.240 e. The van der Waals surface area contributed by atoms with Crippen molar-refractivity contribution in [1.29, 1.82) is 0 Å². The van der Waals surface area contributed by atoms with E-state index >= 15 is 0 Å². The second-order valence-corrected chi connectivity index (χ2v) is 10.1. The van der Waals surface area contributed by atoms with Gasteiger partial charge in [0.15, 0.2) is 5.82 Å². The molecule has 30 heavy (non-hydrogen) atoms. The Morgan fingerprint density at radius 2 is 2.03 bits per heavy atom. The van der Waals surface area contributed by atoms with Gasteiger partial charge in [-0.3, -0.25) is 4.79 Å². The number of hydrogen-bond donors (Lipinski definition) is 2. The summed E-state index contributed by atoms with van der Waals surface area (Å²) < 4.78 is 38.0. The Morgan fingerprint density at radius 3 is 2.63 bits per heavy atom. The molecule has 0 radical (unpaired) electrons. The minimum atomic E-state index is -3.63. The third kappa shape index (κ3) is 5.79. The normalized spacial score (nSPS) is 14.5. The molecule has 1 aromatic heterocycles. The summed E-state index contributed by atoms with van der Waals surface area (Å²) >= 11 is 0. The molecule has 2 N–H and O–H groups in total. The van der Waals surface area contributed by atoms with Gasteiger partial charge in [-0.2, -0.15) is 4.98 Å². The lowest BCUT2D eigenvalue weighted by molar-refractivity contribution is -0.116. The maximum absolute atomic E-state index is 12.4. The predicted molar refractivity (Wildman–Crippen MR) is 111 cm³/mol. The van der Waals surface area contributed by atoms with Crippen LogP contribution in [0, 0.1) is 0 Å². The quantitative estimate of drug-likeness (QED) is 0.619. The summed E-state index contributed by atoms with van der Waals surface area (Å²) in [6, 6.07) is 4.40. The molecule has 164 valence electrons. The summed E-state index contributed by atoms with van der Waals surface area (Å²) in [4.78, 5) is 16.8. The number of amides is 1. The van der Waals surface area contributed by atoms with Gasteiger partial charge in [-0.05, 0) is 37.5 Å². The molecule has 0 aliphatic heterocycles. The van der Waals surface area contributed by atoms with Crippen molar-refractivity contribution in [3.63, 3.8) is 0 Å². The molecule has 1 fully saturated rings. The third-order valence-electron chi connectivity index (χ3n) is 4.59. The van der Waals surface area contributed by atoms with Gasteiger partial charge < -0.3 is 14.6 Å². The fourth-order valence-corrected chi connectivity index (χ4v) is 4.05. The Labute approximate surface area is 176 Å². The van der Waals surface area contributed by atoms with Crippen LogP contribution in [0.1, 0.15) is 58.2 Å². The van der Waals surface area contributed by atoms with E-state index in [9.17, 15) is 13.2 Å². The second kappa shape index (κ2) is 8.73. The molecule has 0 atom stereocenters. The van der Waals surface area contributed by atoms with Gasteiger partial charge in [0.25, 0.3) is 0 Å². The first-order chi connectivity index (χ1) is 14.1. The lowest BCUT2D eigenvalue weighted by atomic mass is 9.96. The van der Waals surface area contributed by atoms with Crippen LogP contribution in [-0.2, 0) is 26.7 Å². The first-order valence-corrected chi connectivity index (χ1v) is 11.4. The van der Waals surface area contributed by atoms with Crippen LogP contribution in [-0.4, -0.2) is 37.6 Å². The van der Waals surface area contributed by atoms with Gasteiger partial charge in [0.1, 0.15) is 5.75 Å². The van der Waals surface area contributed by atoms with E-state index in [1.165, 1.54) is 25.3 Å². The van der Waals surface area contributed by atoms with E-state index in [1.807, 2.05) is 20.8 Å². The summed E-state index contributed by atoms with van der Waals surface area (Å²) in [7, 11) is -2.17. The van der Waals surface area contributed by atoms with Gasteiger partial charge in [-0.15, -0.1) is 0 Å². The van der Waals surface area contributed by atoms with Gasteiger partial charge in [0.05, 0.1) is 17.7 Å². The summed E-state index contributed by atoms with van der Waals surface area (Å²) in [6.07, 6.45) is 2.90. The number of benzene rings is 1. The molecular weight excluding hydrogens is 408 g/mol. The number of nitrogens with zero attached hydrogens (tertiary/aromatic N) is 2. The van der Waals surface area contributed by atoms with Gasteiger partial charge >= 0.3 is 0 Å². The number of carbonyl (C=O) groups is 1. The number of ether oxygens (including phenoxy) is 1. The number of aryl methyl sites for hydroxylation is 1. The molecule has 0 saturated heterocycles. The number of anilines is 1. The number of carbonyl (C=O) groups excluding carboxylic acids is 1. The van der Waals surface area contributed by atoms with Crippen molar-refractivity contribution in [1.82, 2.24) is 14.9 Å². The maximum atomic E-state index is 12.4. The lowest BCUT2D eigenvalue weighted by Crippen LogP contribution is -2.25. The average Bonchev–Trinajstić information content (AvgIpc) is 3.32. The van der Waals surface area contributed by atoms with Gasteiger partial charge in [0, 0.05) is 24.3 Å². The largest absolute Gasteiger partial charge is 0.495 e. The van der Waals surface area contributed by atoms with Crippen LogP contribution >= 0.6 is 0 Å². The summed E-state index contributed by atoms with van der Waals surface area (Å²) in [5.41, 5.74) is 0.115. The summed E-state index contributed by atoms with van der Waals surface area (Å²) in [5.74, 6) is 1.25. The van der Waals surface area contributed by atoms with E-state index in [2.05, 4.69) is 20.2 Å². The van der Waals surface area contributed by atoms with Crippen LogP contribution in [0.3, 0.4) is 0 Å². The van der Waals surface area contributed by atoms with Crippen LogP contribution in [0.4, 0.5) is 5.69 Å². The molecule has 1 aromatic carbocycles. The van der Waals surface area contributed by atoms with Crippen molar-refractivity contribution in [3.05, 3.63) is 29.9 Å². The molecule has 0 spiro atoms. The molecule has 3 rings (SSSR count). The zero-order valence-corrected chi connectivity index (χ0v) is 18.5. The predicted octanol–water partition coefficient (Wildman–Crippen LogP) is 2.78. The molecule has 1 saturated carbocycles. The fourth-order valence-electron chi connectivity index (χ4n) is 2.71. The summed E-state index contributed by atoms with van der Waals surface area (Å²) in [6.45, 7) is 5.99. The van der Waals surface area contributed by atoms with Crippen LogP contribution < -0.4 is 14.8 Å². The van der Waals surface area contributed by atoms with Gasteiger partial charge in [0.2, 0.25) is 21.8 Å². The molecule has 0 unspecified atom stereocenters. The number of sulfonamides is 1. The minimum Gasteiger partial charge on any atom is -0.495 e. The van der Waals surface area contributed by atoms with Crippen LogP contribution in [0.25, 0.3) is 0 Å². The van der Waals surface area contributed by atoms with Crippen molar-refractivity contribution in [3.8, 4) is 5.75 Å². The van der Waals surface area contributed by atoms with Crippen molar-refractivity contribution in [2.75, 3.05) is 12.4 Å². The molecular formula is C20H28N4O5S. The number of rotatable bonds is 9. The minimum absolute atomic E-state index is 0.00126. The molecule has 1 heterocycles. The molecule has 1 aliphatic rings. The lowest BCUT2D eigenvalue weighted by Gasteiger charge is -2.13. The van der Waals surface area contributed by atoms with E-state index in [4.69, 9.17) is 9.26 Å². The van der Waals surface area contributed by atoms with E-state index in [0.29, 0.717) is 36.0 Å². The van der Waals surface area contributed by atoms with E-state index in [0.717, 1.165) is 12.8 Å². The second-order valence-electron chi connectivity index (χ2n) is 8.42. The molecule has 1 aliphatic carbocycles. The zero-order valence-electron chi connectivity index (χ0n) is 17.7. The molecule has 2 aromatic rings. The Morgan fingerprint density at radius 1 is 1.30 bits per heavy atom. The number of aromatic nitrogens is 2. The molecule has 1 amide bonds. The van der Waals surface area contributed by atoms with E-state index in [1.54, 1.807) is 0 Å². The van der Waals surface area contributed by atoms with Crippen LogP contribution in [0.15, 0.2) is 27.6 Å². The van der Waals surface area contributed by atoms with E-state index in [-0.39, 0.29) is 28.7 Å². The Balaban J connectivity index is 1.59. The van der Waals surface area contributed by atoms with Crippen molar-refractivity contribution < 1.29 is 22.5 Å². The molecule has 9 nitrogen and oxygen atoms in total. The van der Waals surface area contributed by atoms with E-state index < -0.39 is 10.0 Å². The average molecular weight is 437 g/mol. The molecule has 0 bridgehead atoms. The number of nitrogens with one attached hydrogen (secondary N) is 2. The first-order valence-electron chi connectivity index (χ1n) is 9.92. The number of methoxy groups -OCH3 is 1. The van der Waals surface area contributed by atoms with Crippen molar-refractivity contribution >= 4 is 21.6 Å². The first kappa shape index (κ1) is 22.2. The highest BCUT2D eigenvalue weighted by atomic mass is 32.2. The Kier molecular flexibility index (Phi) is 6.47. The van der Waals surface area contributed by atoms with Crippen molar-refractivity contribution in [2.24, 2.45) is 0 Å². The smallest absolute Gasteiger partial charge is 0.240 e. The van der Waals surface area contributed by atoms with Gasteiger partial charge in [-0.25, -0.2) is 13.1 Å². The highest BCUT2D eigenvalue weighted by molar-refractivity contribution is 7.89.